The number of hydrogen-bond acceptors (Lipinski definition) is 4. The van der Waals surface area contributed by atoms with Gasteiger partial charge in [-0.25, -0.2) is 4.79 Å². The van der Waals surface area contributed by atoms with Crippen LogP contribution >= 0.6 is 0 Å². The highest BCUT2D eigenvalue weighted by Gasteiger charge is 2.42. The molecule has 0 fully saturated rings. The highest BCUT2D eigenvalue weighted by atomic mass is 16.5. The molecule has 1 atom stereocenters. The minimum absolute atomic E-state index is 0.0736. The average Bonchev–Trinajstić information content (AvgIpc) is 2.28. The van der Waals surface area contributed by atoms with E-state index in [1.54, 1.807) is 24.3 Å². The lowest BCUT2D eigenvalue weighted by atomic mass is 9.91. The van der Waals surface area contributed by atoms with Gasteiger partial charge in [-0.05, 0) is 12.5 Å². The van der Waals surface area contributed by atoms with Gasteiger partial charge in [0.1, 0.15) is 0 Å². The van der Waals surface area contributed by atoms with Crippen LogP contribution < -0.4 is 0 Å². The van der Waals surface area contributed by atoms with E-state index in [4.69, 9.17) is 0 Å². The van der Waals surface area contributed by atoms with Crippen LogP contribution in [0.1, 0.15) is 12.5 Å². The summed E-state index contributed by atoms with van der Waals surface area (Å²) >= 11 is 0. The van der Waals surface area contributed by atoms with Gasteiger partial charge in [-0.3, -0.25) is 4.79 Å². The summed E-state index contributed by atoms with van der Waals surface area (Å²) < 4.78 is 4.44. The number of rotatable bonds is 4. The molecule has 0 aliphatic rings. The number of hydrogen-bond donors (Lipinski definition) is 1. The lowest BCUT2D eigenvalue weighted by molar-refractivity contribution is -0.167. The summed E-state index contributed by atoms with van der Waals surface area (Å²) in [5, 5.41) is 9.99. The van der Waals surface area contributed by atoms with E-state index in [-0.39, 0.29) is 6.42 Å². The van der Waals surface area contributed by atoms with Crippen molar-refractivity contribution in [1.29, 1.82) is 0 Å². The molecule has 0 unspecified atom stereocenters. The lowest BCUT2D eigenvalue weighted by Crippen LogP contribution is -2.48. The number of esters is 1. The molecule has 0 aliphatic heterocycles. The van der Waals surface area contributed by atoms with Gasteiger partial charge >= 0.3 is 5.97 Å². The molecule has 0 aromatic heterocycles. The maximum atomic E-state index is 11.4. The first-order chi connectivity index (χ1) is 7.50. The maximum absolute atomic E-state index is 11.4. The number of benzene rings is 1. The number of ether oxygens (including phenoxy) is 1. The Labute approximate surface area is 93.9 Å². The number of Topliss-reactive ketones (excluding diaryl/α,β-unsaturated/α-hetero) is 1. The highest BCUT2D eigenvalue weighted by Crippen LogP contribution is 2.16. The molecule has 1 rings (SSSR count). The monoisotopic (exact) mass is 222 g/mol. The van der Waals surface area contributed by atoms with E-state index in [1.165, 1.54) is 6.92 Å². The number of carbonyl (C=O) groups excluding carboxylic acids is 2. The fourth-order valence-corrected chi connectivity index (χ4v) is 1.40. The van der Waals surface area contributed by atoms with Gasteiger partial charge in [0, 0.05) is 6.42 Å². The van der Waals surface area contributed by atoms with Crippen molar-refractivity contribution in [2.75, 3.05) is 7.11 Å². The molecule has 4 heteroatoms. The van der Waals surface area contributed by atoms with E-state index >= 15 is 0 Å². The fourth-order valence-electron chi connectivity index (χ4n) is 1.40. The third-order valence-electron chi connectivity index (χ3n) is 2.41. The Morgan fingerprint density at radius 3 is 2.31 bits per heavy atom. The van der Waals surface area contributed by atoms with Crippen LogP contribution in [0, 0.1) is 0 Å². The van der Waals surface area contributed by atoms with E-state index in [1.807, 2.05) is 6.07 Å². The summed E-state index contributed by atoms with van der Waals surface area (Å²) in [5.41, 5.74) is -1.39. The maximum Gasteiger partial charge on any atom is 0.346 e. The topological polar surface area (TPSA) is 63.6 Å². The first-order valence-corrected chi connectivity index (χ1v) is 4.86. The second kappa shape index (κ2) is 4.90. The SMILES string of the molecule is COC(=O)[C@](O)(Cc1ccccc1)C(C)=O. The summed E-state index contributed by atoms with van der Waals surface area (Å²) in [6, 6.07) is 8.82. The molecule has 4 nitrogen and oxygen atoms in total. The van der Waals surface area contributed by atoms with Crippen molar-refractivity contribution in [2.45, 2.75) is 18.9 Å². The van der Waals surface area contributed by atoms with E-state index < -0.39 is 17.4 Å². The largest absolute Gasteiger partial charge is 0.467 e. The number of aliphatic hydroxyl groups is 1. The summed E-state index contributed by atoms with van der Waals surface area (Å²) in [6.07, 6.45) is -0.0736. The fraction of sp³-hybridized carbons (Fsp3) is 0.333. The van der Waals surface area contributed by atoms with E-state index in [0.29, 0.717) is 5.56 Å². The number of carbonyl (C=O) groups is 2. The molecule has 0 heterocycles. The Hall–Kier alpha value is -1.68. The first kappa shape index (κ1) is 12.4. The average molecular weight is 222 g/mol. The molecule has 86 valence electrons. The van der Waals surface area contributed by atoms with E-state index in [9.17, 15) is 14.7 Å². The predicted molar refractivity (Wildman–Crippen MR) is 57.8 cm³/mol. The van der Waals surface area contributed by atoms with Crippen molar-refractivity contribution in [1.82, 2.24) is 0 Å². The summed E-state index contributed by atoms with van der Waals surface area (Å²) in [5.74, 6) is -1.55. The highest BCUT2D eigenvalue weighted by molar-refractivity contribution is 6.06. The van der Waals surface area contributed by atoms with Gasteiger partial charge in [-0.15, -0.1) is 0 Å². The molecule has 1 N–H and O–H groups in total. The molecule has 0 radical (unpaired) electrons. The molecule has 0 saturated heterocycles. The molecule has 16 heavy (non-hydrogen) atoms. The molecule has 0 amide bonds. The molecular weight excluding hydrogens is 208 g/mol. The second-order valence-electron chi connectivity index (χ2n) is 3.57. The van der Waals surface area contributed by atoms with Crippen molar-refractivity contribution < 1.29 is 19.4 Å². The third kappa shape index (κ3) is 2.46. The predicted octanol–water partition coefficient (Wildman–Crippen LogP) is 0.722. The summed E-state index contributed by atoms with van der Waals surface area (Å²) in [4.78, 5) is 22.7. The Kier molecular flexibility index (Phi) is 3.79. The van der Waals surface area contributed by atoms with Crippen LogP contribution in [-0.4, -0.2) is 29.6 Å². The molecule has 1 aromatic carbocycles. The molecule has 0 aliphatic carbocycles. The molecular formula is C12H14O4. The van der Waals surface area contributed by atoms with Gasteiger partial charge < -0.3 is 9.84 Å². The zero-order valence-corrected chi connectivity index (χ0v) is 9.27. The van der Waals surface area contributed by atoms with Crippen molar-refractivity contribution in [3.63, 3.8) is 0 Å². The van der Waals surface area contributed by atoms with Crippen LogP contribution in [0.5, 0.6) is 0 Å². The van der Waals surface area contributed by atoms with Crippen LogP contribution in [0.4, 0.5) is 0 Å². The Balaban J connectivity index is 2.97. The Bertz CT molecular complexity index is 385. The van der Waals surface area contributed by atoms with Gasteiger partial charge in [0.25, 0.3) is 0 Å². The van der Waals surface area contributed by atoms with Crippen LogP contribution in [0.2, 0.25) is 0 Å². The Morgan fingerprint density at radius 2 is 1.88 bits per heavy atom. The van der Waals surface area contributed by atoms with Crippen molar-refractivity contribution in [3.05, 3.63) is 35.9 Å². The number of ketones is 1. The second-order valence-corrected chi connectivity index (χ2v) is 3.57. The number of methoxy groups -OCH3 is 1. The van der Waals surface area contributed by atoms with Crippen LogP contribution in [0.25, 0.3) is 0 Å². The molecule has 0 spiro atoms. The molecule has 0 saturated carbocycles. The molecule has 1 aromatic rings. The minimum atomic E-state index is -2.09. The van der Waals surface area contributed by atoms with E-state index in [0.717, 1.165) is 7.11 Å². The van der Waals surface area contributed by atoms with Gasteiger partial charge in [-0.1, -0.05) is 30.3 Å². The van der Waals surface area contributed by atoms with Crippen LogP contribution in [-0.2, 0) is 20.7 Å². The summed E-state index contributed by atoms with van der Waals surface area (Å²) in [7, 11) is 1.14. The normalized spacial score (nSPS) is 13.9. The third-order valence-corrected chi connectivity index (χ3v) is 2.41. The van der Waals surface area contributed by atoms with Crippen LogP contribution in [0.3, 0.4) is 0 Å². The van der Waals surface area contributed by atoms with Crippen molar-refractivity contribution >= 4 is 11.8 Å². The standard InChI is InChI=1S/C12H14O4/c1-9(13)12(15,11(14)16-2)8-10-6-4-3-5-7-10/h3-7,15H,8H2,1-2H3/t12-/m0/s1. The van der Waals surface area contributed by atoms with E-state index in [2.05, 4.69) is 4.74 Å². The Morgan fingerprint density at radius 1 is 1.31 bits per heavy atom. The smallest absolute Gasteiger partial charge is 0.346 e. The lowest BCUT2D eigenvalue weighted by Gasteiger charge is -2.22. The van der Waals surface area contributed by atoms with Gasteiger partial charge in [-0.2, -0.15) is 0 Å². The van der Waals surface area contributed by atoms with Gasteiger partial charge in [0.05, 0.1) is 7.11 Å². The quantitative estimate of drug-likeness (QED) is 0.602. The molecule has 0 bridgehead atoms. The van der Waals surface area contributed by atoms with Crippen molar-refractivity contribution in [2.24, 2.45) is 0 Å². The van der Waals surface area contributed by atoms with Crippen molar-refractivity contribution in [3.8, 4) is 0 Å². The zero-order chi connectivity index (χ0) is 12.2. The van der Waals surface area contributed by atoms with Crippen LogP contribution in [0.15, 0.2) is 30.3 Å². The first-order valence-electron chi connectivity index (χ1n) is 4.86. The van der Waals surface area contributed by atoms with Gasteiger partial charge in [0.2, 0.25) is 5.60 Å². The zero-order valence-electron chi connectivity index (χ0n) is 9.27. The van der Waals surface area contributed by atoms with Gasteiger partial charge in [0.15, 0.2) is 5.78 Å². The summed E-state index contributed by atoms with van der Waals surface area (Å²) in [6.45, 7) is 1.17. The minimum Gasteiger partial charge on any atom is -0.467 e.